The average molecular weight is 1960 g/mol. The van der Waals surface area contributed by atoms with Crippen LogP contribution >= 0.6 is 0 Å². The molecule has 2 aliphatic heterocycles. The van der Waals surface area contributed by atoms with Crippen molar-refractivity contribution in [1.82, 2.24) is 58.1 Å². The summed E-state index contributed by atoms with van der Waals surface area (Å²) in [6.45, 7) is 9.70. The number of carbonyl (C=O) groups excluding carboxylic acids is 2. The quantitative estimate of drug-likeness (QED) is 0.0138. The monoisotopic (exact) mass is 1960 g/mol. The molecule has 0 amide bonds. The molecule has 4 aromatic carbocycles. The summed E-state index contributed by atoms with van der Waals surface area (Å²) in [5.74, 6) is 0.599. The number of aromatic nitrogens is 12. The van der Waals surface area contributed by atoms with Gasteiger partial charge in [0, 0.05) is 160 Å². The molecule has 0 unspecified atom stereocenters. The predicted molar refractivity (Wildman–Crippen MR) is 519 cm³/mol. The van der Waals surface area contributed by atoms with E-state index in [2.05, 4.69) is 41.2 Å². The lowest BCUT2D eigenvalue weighted by Crippen LogP contribution is -2.31. The highest BCUT2D eigenvalue weighted by atomic mass is 19.4. The second-order valence-electron chi connectivity index (χ2n) is 35.5. The normalized spacial score (nSPS) is 17.5. The largest absolute Gasteiger partial charge is 0.481 e. The number of anilines is 4. The first-order valence-corrected chi connectivity index (χ1v) is 45.9. The van der Waals surface area contributed by atoms with Gasteiger partial charge in [-0.25, -0.2) is 48.7 Å². The number of aliphatic carboxylic acids is 2. The Morgan fingerprint density at radius 1 is 0.451 bits per heavy atom. The summed E-state index contributed by atoms with van der Waals surface area (Å²) in [6.07, 6.45) is 5.60. The molecular formula is C103H110F8N16O15. The Labute approximate surface area is 811 Å². The van der Waals surface area contributed by atoms with Crippen molar-refractivity contribution < 1.29 is 110 Å². The number of imidazole rings is 4. The molecule has 142 heavy (non-hydrogen) atoms. The topological polar surface area (TPSA) is 440 Å². The Morgan fingerprint density at radius 3 is 1.12 bits per heavy atom. The minimum absolute atomic E-state index is 0.0266. The van der Waals surface area contributed by atoms with Gasteiger partial charge in [-0.2, -0.15) is 26.3 Å². The van der Waals surface area contributed by atoms with Crippen LogP contribution < -0.4 is 21.3 Å². The number of esters is 2. The molecule has 2 saturated carbocycles. The van der Waals surface area contributed by atoms with E-state index in [9.17, 15) is 90.0 Å². The number of rotatable bonds is 32. The molecule has 2 saturated heterocycles. The number of hydrogen-bond donors (Lipinski definition) is 13. The first-order chi connectivity index (χ1) is 67.5. The summed E-state index contributed by atoms with van der Waals surface area (Å²) >= 11 is 0. The van der Waals surface area contributed by atoms with Crippen LogP contribution in [0.4, 0.5) is 58.4 Å². The average Bonchev–Trinajstić information content (AvgIpc) is 1.59. The molecular weight excluding hydrogens is 1850 g/mol. The Morgan fingerprint density at radius 2 is 0.782 bits per heavy atom. The van der Waals surface area contributed by atoms with Crippen molar-refractivity contribution >= 4 is 71.9 Å². The van der Waals surface area contributed by atoms with E-state index in [0.29, 0.717) is 158 Å². The van der Waals surface area contributed by atoms with Crippen LogP contribution in [0.25, 0.3) is 115 Å². The molecule has 31 nitrogen and oxygen atoms in total. The van der Waals surface area contributed by atoms with Gasteiger partial charge in [0.15, 0.2) is 0 Å². The zero-order valence-electron chi connectivity index (χ0n) is 78.9. The summed E-state index contributed by atoms with van der Waals surface area (Å²) in [7, 11) is 6.95. The van der Waals surface area contributed by atoms with Gasteiger partial charge in [0.1, 0.15) is 81.6 Å². The van der Waals surface area contributed by atoms with Crippen molar-refractivity contribution in [3.05, 3.63) is 241 Å². The number of benzene rings is 4. The number of carboxylic acid groups (broad SMARTS) is 2. The van der Waals surface area contributed by atoms with E-state index >= 15 is 0 Å². The number of ether oxygens (including phenoxy) is 2. The zero-order chi connectivity index (χ0) is 102. The fourth-order valence-electron chi connectivity index (χ4n) is 16.3. The third kappa shape index (κ3) is 26.4. The predicted octanol–water partition coefficient (Wildman–Crippen LogP) is 17.6. The maximum Gasteiger partial charge on any atom is 0.416 e. The molecule has 0 spiro atoms. The van der Waals surface area contributed by atoms with Crippen LogP contribution in [0.2, 0.25) is 0 Å². The van der Waals surface area contributed by atoms with Crippen LogP contribution in [0.15, 0.2) is 195 Å². The second kappa shape index (κ2) is 45.4. The number of pyridine rings is 4. The van der Waals surface area contributed by atoms with Crippen LogP contribution in [0.3, 0.4) is 0 Å². The minimum Gasteiger partial charge on any atom is -0.481 e. The van der Waals surface area contributed by atoms with Crippen molar-refractivity contribution in [3.8, 4) is 90.1 Å². The molecule has 4 aliphatic rings. The number of aliphatic hydroxyl groups is 7. The SMILES string of the molecule is CNc1cc(-c2nc(C(C)C)n(/C=C/[C@@H](O)C[C@@H](O)CC(=O)O)c2-c2cccc(C(F)(F)F)c2)ccn1.CNc1cc(-c2nc(C(C)C)n(/C=C/[C@@H]3C[C@@H](C)CC(=O)O3)c2-c2cccc(C(F)(F)F)c2)ccn1.CNc1cc(-c2nc(C3(O)CC3)n(/C=C/[C@@H](O)C[C@@H](O)CC(=O)O)c2-c2ccc(F)cc2)ccn1.CNc1cc(-c2nc(C3(O)CC3)n(/C=C/[C@@H]3C[C@@H](O)CC(=O)O3)c2-c2ccc(F)cc2)ccn1. The van der Waals surface area contributed by atoms with Crippen LogP contribution in [0.5, 0.6) is 0 Å². The summed E-state index contributed by atoms with van der Waals surface area (Å²) in [6, 6.07) is 36.3. The van der Waals surface area contributed by atoms with Gasteiger partial charge in [0.25, 0.3) is 0 Å². The number of cyclic esters (lactones) is 2. The van der Waals surface area contributed by atoms with Crippen LogP contribution in [0, 0.1) is 17.6 Å². The van der Waals surface area contributed by atoms with Crippen LogP contribution in [-0.2, 0) is 52.2 Å². The van der Waals surface area contributed by atoms with Crippen molar-refractivity contribution in [2.24, 2.45) is 5.92 Å². The van der Waals surface area contributed by atoms with Gasteiger partial charge >= 0.3 is 36.2 Å². The summed E-state index contributed by atoms with van der Waals surface area (Å²) in [5, 5.41) is 102. The van der Waals surface area contributed by atoms with Gasteiger partial charge in [0.05, 0.1) is 106 Å². The first-order valence-electron chi connectivity index (χ1n) is 45.9. The zero-order valence-corrected chi connectivity index (χ0v) is 78.9. The van der Waals surface area contributed by atoms with Gasteiger partial charge in [-0.15, -0.1) is 0 Å². The second-order valence-corrected chi connectivity index (χ2v) is 35.5. The molecule has 4 fully saturated rings. The maximum absolute atomic E-state index is 13.7. The molecule has 748 valence electrons. The van der Waals surface area contributed by atoms with Gasteiger partial charge in [-0.1, -0.05) is 58.9 Å². The number of aliphatic hydroxyl groups excluding tert-OH is 5. The summed E-state index contributed by atoms with van der Waals surface area (Å²) in [4.78, 5) is 81.6. The van der Waals surface area contributed by atoms with Crippen molar-refractivity contribution in [2.75, 3.05) is 49.5 Å². The molecule has 13 N–H and O–H groups in total. The lowest BCUT2D eigenvalue weighted by Gasteiger charge is -2.24. The summed E-state index contributed by atoms with van der Waals surface area (Å²) in [5.41, 5.74) is 5.24. The highest BCUT2D eigenvalue weighted by Gasteiger charge is 2.49. The van der Waals surface area contributed by atoms with Crippen molar-refractivity contribution in [1.29, 1.82) is 0 Å². The maximum atomic E-state index is 13.7. The molecule has 0 radical (unpaired) electrons. The van der Waals surface area contributed by atoms with Gasteiger partial charge in [0.2, 0.25) is 0 Å². The lowest BCUT2D eigenvalue weighted by atomic mass is 9.97. The van der Waals surface area contributed by atoms with E-state index in [1.165, 1.54) is 54.8 Å². The number of halogens is 8. The number of nitrogens with zero attached hydrogens (tertiary/aromatic N) is 12. The van der Waals surface area contributed by atoms with E-state index < -0.39 is 114 Å². The third-order valence-corrected chi connectivity index (χ3v) is 23.6. The fraction of sp³-hybridized carbons (Fsp3) is 0.340. The van der Waals surface area contributed by atoms with E-state index in [4.69, 9.17) is 39.6 Å². The Kier molecular flexibility index (Phi) is 33.5. The molecule has 12 aromatic rings. The highest BCUT2D eigenvalue weighted by Crippen LogP contribution is 2.51. The van der Waals surface area contributed by atoms with Gasteiger partial charge in [-0.3, -0.25) is 19.2 Å². The number of alkyl halides is 6. The third-order valence-electron chi connectivity index (χ3n) is 23.6. The smallest absolute Gasteiger partial charge is 0.416 e. The van der Waals surface area contributed by atoms with Gasteiger partial charge in [-0.05, 0) is 184 Å². The minimum atomic E-state index is -4.55. The molecule has 16 rings (SSSR count). The number of nitrogens with one attached hydrogen (secondary N) is 4. The first kappa shape index (κ1) is 105. The van der Waals surface area contributed by atoms with E-state index in [0.717, 1.165) is 35.4 Å². The van der Waals surface area contributed by atoms with Crippen molar-refractivity contribution in [3.63, 3.8) is 0 Å². The molecule has 39 heteroatoms. The van der Waals surface area contributed by atoms with Crippen LogP contribution in [-0.4, -0.2) is 199 Å². The van der Waals surface area contributed by atoms with Gasteiger partial charge < -0.3 is 95.0 Å². The molecule has 8 atom stereocenters. The lowest BCUT2D eigenvalue weighted by molar-refractivity contribution is -0.156. The molecule has 0 bridgehead atoms. The number of carbonyl (C=O) groups is 4. The highest BCUT2D eigenvalue weighted by molar-refractivity contribution is 5.87. The number of hydrogen-bond acceptors (Lipinski definition) is 25. The summed E-state index contributed by atoms with van der Waals surface area (Å²) < 4.78 is 127. The van der Waals surface area contributed by atoms with E-state index in [-0.39, 0.29) is 60.8 Å². The Hall–Kier alpha value is -14.5. The Balaban J connectivity index is 0.000000159. The standard InChI is InChI=1S/C27H29F3N4O2.C26H29F3N4O4.C25H27FN4O5.C25H25FN4O4/c1-16(2)26-33-24(18-8-10-32-22(15-18)31-4)25(19-6-5-7-20(14-19)27(28,29)30)34(26)11-9-21-12-17(3)13-23(35)36-21;1-15(2)25-32-23(16-7-9-31-21(12-16)30-3)24(17-5-4-6-18(11-17)26(27,28)29)33(25)10-8-19(34)13-20(35)14-22(36)37;1-27-20-12-16(6-10-28-20)22-23(15-2-4-17(26)5-3-15)30(24(29-22)25(35)8-9-25)11-7-18(31)13-19(32)14-21(33)34;1-27-20-12-16(6-10-28-20)22-23(15-2-4-17(26)5-3-15)30(24(29-22)25(33)8-9-25)11-7-19-13-18(31)14-21(32)34-19/h5-11,14-17,21H,12-13H2,1-4H3,(H,31,32);4-12,15,19-20,34-35H,13-14H2,1-3H3,(H,30,31)(H,36,37);2-7,10-12,18-19,31-32,35H,8-9,13-14H2,1H3,(H,27,28)(H,33,34);2-7,10-12,18-19,31,33H,8-9,13-14H2,1H3,(H,27,28)/b11-9+;10-8+;2*11-7+/t17-,21-;19-,20-;2*18-,19-/m1111/s1. The van der Waals surface area contributed by atoms with E-state index in [1.807, 2.05) is 57.4 Å². The molecule has 8 aromatic heterocycles. The number of carboxylic acids is 2. The fourth-order valence-corrected chi connectivity index (χ4v) is 16.3. The van der Waals surface area contributed by atoms with Crippen LogP contribution in [0.1, 0.15) is 158 Å². The van der Waals surface area contributed by atoms with E-state index in [1.54, 1.807) is 164 Å². The Bertz CT molecular complexity index is 6600. The molecule has 2 aliphatic carbocycles. The van der Waals surface area contributed by atoms with Crippen molar-refractivity contribution in [2.45, 2.75) is 190 Å². The molecule has 10 heterocycles.